The van der Waals surface area contributed by atoms with E-state index in [9.17, 15) is 4.79 Å². The van der Waals surface area contributed by atoms with E-state index < -0.39 is 5.92 Å². The number of nitrogens with one attached hydrogen (secondary N) is 1. The summed E-state index contributed by atoms with van der Waals surface area (Å²) in [4.78, 5) is 17.2. The number of nitrogens with zero attached hydrogens (tertiary/aromatic N) is 1. The zero-order valence-electron chi connectivity index (χ0n) is 15.7. The molecule has 0 aliphatic carbocycles. The molecular weight excluding hydrogens is 376 g/mol. The Kier molecular flexibility index (Phi) is 6.50. The Morgan fingerprint density at radius 1 is 1.04 bits per heavy atom. The van der Waals surface area contributed by atoms with Gasteiger partial charge in [-0.15, -0.1) is 0 Å². The number of methoxy groups -OCH3 is 2. The molecule has 1 amide bonds. The monoisotopic (exact) mass is 396 g/mol. The predicted octanol–water partition coefficient (Wildman–Crippen LogP) is 4.72. The highest BCUT2D eigenvalue weighted by Crippen LogP contribution is 2.31. The lowest BCUT2D eigenvalue weighted by molar-refractivity contribution is -0.117. The number of anilines is 1. The average Bonchev–Trinajstić information content (AvgIpc) is 2.73. The zero-order valence-corrected chi connectivity index (χ0v) is 16.4. The van der Waals surface area contributed by atoms with Crippen LogP contribution in [0.3, 0.4) is 0 Å². The molecule has 3 rings (SSSR count). The molecule has 0 fully saturated rings. The molecule has 0 saturated heterocycles. The SMILES string of the molecule is COc1ccc(NC(=O)C(Cc2ccncc2)c2ccc(Cl)cc2)c(OC)c1. The van der Waals surface area contributed by atoms with Gasteiger partial charge < -0.3 is 14.8 Å². The maximum absolute atomic E-state index is 13.2. The fourth-order valence-corrected chi connectivity index (χ4v) is 3.06. The van der Waals surface area contributed by atoms with E-state index in [2.05, 4.69) is 10.3 Å². The summed E-state index contributed by atoms with van der Waals surface area (Å²) in [5, 5.41) is 3.61. The summed E-state index contributed by atoms with van der Waals surface area (Å²) >= 11 is 6.02. The van der Waals surface area contributed by atoms with E-state index in [4.69, 9.17) is 21.1 Å². The number of amides is 1. The standard InChI is InChI=1S/C22H21ClN2O3/c1-27-18-7-8-20(21(14-18)28-2)25-22(26)19(13-15-9-11-24-12-10-15)16-3-5-17(23)6-4-16/h3-12,14,19H,13H2,1-2H3,(H,25,26). The Morgan fingerprint density at radius 3 is 2.39 bits per heavy atom. The fraction of sp³-hybridized carbons (Fsp3) is 0.182. The molecule has 1 N–H and O–H groups in total. The van der Waals surface area contributed by atoms with Gasteiger partial charge in [0.05, 0.1) is 25.8 Å². The molecule has 0 spiro atoms. The number of rotatable bonds is 7. The first-order valence-corrected chi connectivity index (χ1v) is 9.15. The number of pyridine rings is 1. The first kappa shape index (κ1) is 19.7. The van der Waals surface area contributed by atoms with Gasteiger partial charge in [-0.3, -0.25) is 9.78 Å². The summed E-state index contributed by atoms with van der Waals surface area (Å²) in [5.41, 5.74) is 2.49. The van der Waals surface area contributed by atoms with Crippen molar-refractivity contribution in [3.63, 3.8) is 0 Å². The van der Waals surface area contributed by atoms with E-state index in [0.717, 1.165) is 11.1 Å². The van der Waals surface area contributed by atoms with Crippen LogP contribution in [-0.2, 0) is 11.2 Å². The van der Waals surface area contributed by atoms with E-state index in [0.29, 0.717) is 28.6 Å². The van der Waals surface area contributed by atoms with Crippen LogP contribution >= 0.6 is 11.6 Å². The summed E-state index contributed by atoms with van der Waals surface area (Å²) in [7, 11) is 3.14. The van der Waals surface area contributed by atoms with Crippen LogP contribution in [0.15, 0.2) is 67.0 Å². The first-order chi connectivity index (χ1) is 13.6. The molecule has 1 heterocycles. The van der Waals surface area contributed by atoms with E-state index in [1.807, 2.05) is 24.3 Å². The number of hydrogen-bond donors (Lipinski definition) is 1. The van der Waals surface area contributed by atoms with Crippen LogP contribution in [0.5, 0.6) is 11.5 Å². The van der Waals surface area contributed by atoms with Crippen LogP contribution in [-0.4, -0.2) is 25.1 Å². The molecule has 144 valence electrons. The molecule has 2 aromatic carbocycles. The van der Waals surface area contributed by atoms with Crippen molar-refractivity contribution >= 4 is 23.2 Å². The third kappa shape index (κ3) is 4.81. The van der Waals surface area contributed by atoms with Crippen molar-refractivity contribution in [1.29, 1.82) is 0 Å². The second-order valence-electron chi connectivity index (χ2n) is 6.22. The number of carbonyl (C=O) groups is 1. The van der Waals surface area contributed by atoms with Crippen molar-refractivity contribution in [3.8, 4) is 11.5 Å². The van der Waals surface area contributed by atoms with Crippen molar-refractivity contribution in [2.24, 2.45) is 0 Å². The van der Waals surface area contributed by atoms with Crippen LogP contribution < -0.4 is 14.8 Å². The number of halogens is 1. The van der Waals surface area contributed by atoms with E-state index in [-0.39, 0.29) is 5.91 Å². The van der Waals surface area contributed by atoms with Crippen LogP contribution in [0.2, 0.25) is 5.02 Å². The molecule has 1 atom stereocenters. The number of benzene rings is 2. The van der Waals surface area contributed by atoms with Crippen LogP contribution in [0, 0.1) is 0 Å². The van der Waals surface area contributed by atoms with Gasteiger partial charge in [0.25, 0.3) is 0 Å². The Bertz CT molecular complexity index is 930. The predicted molar refractivity (Wildman–Crippen MR) is 110 cm³/mol. The molecular formula is C22H21ClN2O3. The maximum Gasteiger partial charge on any atom is 0.232 e. The lowest BCUT2D eigenvalue weighted by atomic mass is 9.91. The van der Waals surface area contributed by atoms with E-state index in [1.54, 1.807) is 56.9 Å². The molecule has 0 saturated carbocycles. The highest BCUT2D eigenvalue weighted by Gasteiger charge is 2.22. The minimum absolute atomic E-state index is 0.136. The minimum atomic E-state index is -0.397. The quantitative estimate of drug-likeness (QED) is 0.627. The third-order valence-electron chi connectivity index (χ3n) is 4.44. The molecule has 0 aliphatic heterocycles. The Labute approximate surface area is 169 Å². The number of hydrogen-bond acceptors (Lipinski definition) is 4. The van der Waals surface area contributed by atoms with Gasteiger partial charge in [-0.2, -0.15) is 0 Å². The summed E-state index contributed by atoms with van der Waals surface area (Å²) in [5.74, 6) is 0.654. The Morgan fingerprint density at radius 2 is 1.75 bits per heavy atom. The number of carbonyl (C=O) groups excluding carboxylic acids is 1. The van der Waals surface area contributed by atoms with Crippen LogP contribution in [0.1, 0.15) is 17.0 Å². The Hall–Kier alpha value is -3.05. The molecule has 3 aromatic rings. The van der Waals surface area contributed by atoms with Gasteiger partial charge in [0.15, 0.2) is 0 Å². The molecule has 0 aliphatic rings. The second kappa shape index (κ2) is 9.24. The second-order valence-corrected chi connectivity index (χ2v) is 6.66. The largest absolute Gasteiger partial charge is 0.497 e. The molecule has 5 nitrogen and oxygen atoms in total. The lowest BCUT2D eigenvalue weighted by Gasteiger charge is -2.19. The van der Waals surface area contributed by atoms with Gasteiger partial charge >= 0.3 is 0 Å². The molecule has 1 aromatic heterocycles. The molecule has 28 heavy (non-hydrogen) atoms. The van der Waals surface area contributed by atoms with Crippen molar-refractivity contribution in [2.75, 3.05) is 19.5 Å². The summed E-state index contributed by atoms with van der Waals surface area (Å²) in [6.07, 6.45) is 3.98. The van der Waals surface area contributed by atoms with Crippen molar-refractivity contribution in [1.82, 2.24) is 4.98 Å². The fourth-order valence-electron chi connectivity index (χ4n) is 2.93. The maximum atomic E-state index is 13.2. The highest BCUT2D eigenvalue weighted by molar-refractivity contribution is 6.30. The molecule has 0 bridgehead atoms. The lowest BCUT2D eigenvalue weighted by Crippen LogP contribution is -2.23. The van der Waals surface area contributed by atoms with Gasteiger partial charge in [-0.25, -0.2) is 0 Å². The molecule has 1 unspecified atom stereocenters. The van der Waals surface area contributed by atoms with E-state index >= 15 is 0 Å². The summed E-state index contributed by atoms with van der Waals surface area (Å²) in [6, 6.07) is 16.4. The number of ether oxygens (including phenoxy) is 2. The average molecular weight is 397 g/mol. The van der Waals surface area contributed by atoms with Gasteiger partial charge in [-0.05, 0) is 53.9 Å². The summed E-state index contributed by atoms with van der Waals surface area (Å²) in [6.45, 7) is 0. The van der Waals surface area contributed by atoms with Crippen molar-refractivity contribution in [2.45, 2.75) is 12.3 Å². The van der Waals surface area contributed by atoms with E-state index in [1.165, 1.54) is 0 Å². The smallest absolute Gasteiger partial charge is 0.232 e. The Balaban J connectivity index is 1.89. The molecule has 0 radical (unpaired) electrons. The highest BCUT2D eigenvalue weighted by atomic mass is 35.5. The van der Waals surface area contributed by atoms with Gasteiger partial charge in [-0.1, -0.05) is 23.7 Å². The van der Waals surface area contributed by atoms with Crippen LogP contribution in [0.25, 0.3) is 0 Å². The van der Waals surface area contributed by atoms with Gasteiger partial charge in [0, 0.05) is 23.5 Å². The number of aromatic nitrogens is 1. The topological polar surface area (TPSA) is 60.5 Å². The first-order valence-electron chi connectivity index (χ1n) is 8.78. The van der Waals surface area contributed by atoms with Crippen LogP contribution in [0.4, 0.5) is 5.69 Å². The normalized spacial score (nSPS) is 11.5. The van der Waals surface area contributed by atoms with Crippen molar-refractivity contribution in [3.05, 3.63) is 83.1 Å². The summed E-state index contributed by atoms with van der Waals surface area (Å²) < 4.78 is 10.6. The third-order valence-corrected chi connectivity index (χ3v) is 4.70. The minimum Gasteiger partial charge on any atom is -0.497 e. The zero-order chi connectivity index (χ0) is 19.9. The van der Waals surface area contributed by atoms with Gasteiger partial charge in [0.2, 0.25) is 5.91 Å². The van der Waals surface area contributed by atoms with Gasteiger partial charge in [0.1, 0.15) is 11.5 Å². The van der Waals surface area contributed by atoms with Crippen molar-refractivity contribution < 1.29 is 14.3 Å². The molecule has 6 heteroatoms.